The van der Waals surface area contributed by atoms with E-state index in [9.17, 15) is 13.2 Å². The zero-order valence-electron chi connectivity index (χ0n) is 18.0. The van der Waals surface area contributed by atoms with Crippen LogP contribution in [0.5, 0.6) is 5.75 Å². The summed E-state index contributed by atoms with van der Waals surface area (Å²) in [6.07, 6.45) is 1.79. The Bertz CT molecular complexity index is 975. The van der Waals surface area contributed by atoms with Gasteiger partial charge in [0, 0.05) is 5.02 Å². The van der Waals surface area contributed by atoms with E-state index in [0.717, 1.165) is 21.9 Å². The first kappa shape index (κ1) is 24.0. The van der Waals surface area contributed by atoms with Crippen LogP contribution >= 0.6 is 11.6 Å². The molecule has 30 heavy (non-hydrogen) atoms. The maximum atomic E-state index is 12.9. The van der Waals surface area contributed by atoms with Crippen LogP contribution in [0.3, 0.4) is 0 Å². The second-order valence-electron chi connectivity index (χ2n) is 7.68. The van der Waals surface area contributed by atoms with Crippen LogP contribution in [0, 0.1) is 12.8 Å². The van der Waals surface area contributed by atoms with Gasteiger partial charge in [0.25, 0.3) is 0 Å². The van der Waals surface area contributed by atoms with Gasteiger partial charge >= 0.3 is 0 Å². The van der Waals surface area contributed by atoms with Crippen LogP contribution in [0.1, 0.15) is 37.4 Å². The molecule has 0 saturated heterocycles. The SMILES string of the molecule is COc1ccc(C(CC(C)C)NC(=O)CN(c2cccc(Cl)c2C)S(C)(=O)=O)cc1. The second kappa shape index (κ2) is 10.2. The molecule has 1 N–H and O–H groups in total. The van der Waals surface area contributed by atoms with Crippen LogP contribution in [0.25, 0.3) is 0 Å². The Balaban J connectivity index is 2.27. The van der Waals surface area contributed by atoms with E-state index in [4.69, 9.17) is 16.3 Å². The molecule has 0 fully saturated rings. The largest absolute Gasteiger partial charge is 0.497 e. The number of carbonyl (C=O) groups excluding carboxylic acids is 1. The molecule has 2 rings (SSSR count). The molecule has 2 aromatic rings. The van der Waals surface area contributed by atoms with Gasteiger partial charge in [-0.15, -0.1) is 0 Å². The second-order valence-corrected chi connectivity index (χ2v) is 9.99. The van der Waals surface area contributed by atoms with Crippen molar-refractivity contribution in [3.05, 3.63) is 58.6 Å². The smallest absolute Gasteiger partial charge is 0.241 e. The third-order valence-electron chi connectivity index (χ3n) is 4.76. The number of sulfonamides is 1. The topological polar surface area (TPSA) is 75.7 Å². The lowest BCUT2D eigenvalue weighted by molar-refractivity contribution is -0.120. The van der Waals surface area contributed by atoms with Gasteiger partial charge in [-0.1, -0.05) is 43.6 Å². The van der Waals surface area contributed by atoms with Crippen LogP contribution in [-0.2, 0) is 14.8 Å². The molecule has 0 aliphatic carbocycles. The molecule has 0 aliphatic rings. The summed E-state index contributed by atoms with van der Waals surface area (Å²) in [6, 6.07) is 12.2. The van der Waals surface area contributed by atoms with Gasteiger partial charge in [0.15, 0.2) is 0 Å². The van der Waals surface area contributed by atoms with Crippen molar-refractivity contribution in [2.75, 3.05) is 24.2 Å². The van der Waals surface area contributed by atoms with Gasteiger partial charge in [-0.3, -0.25) is 9.10 Å². The van der Waals surface area contributed by atoms with Gasteiger partial charge in [0.05, 0.1) is 25.1 Å². The van der Waals surface area contributed by atoms with Crippen LogP contribution < -0.4 is 14.4 Å². The molecule has 0 radical (unpaired) electrons. The third kappa shape index (κ3) is 6.37. The van der Waals surface area contributed by atoms with Crippen molar-refractivity contribution in [1.29, 1.82) is 0 Å². The van der Waals surface area contributed by atoms with Crippen molar-refractivity contribution in [2.24, 2.45) is 5.92 Å². The standard InChI is InChI=1S/C22H29ClN2O4S/c1-15(2)13-20(17-9-11-18(29-4)12-10-17)24-22(26)14-25(30(5,27)28)21-8-6-7-19(23)16(21)3/h6-12,15,20H,13-14H2,1-5H3,(H,24,26). The Morgan fingerprint density at radius 3 is 2.33 bits per heavy atom. The van der Waals surface area contributed by atoms with E-state index in [-0.39, 0.29) is 18.5 Å². The number of halogens is 1. The van der Waals surface area contributed by atoms with Crippen LogP contribution in [0.2, 0.25) is 5.02 Å². The van der Waals surface area contributed by atoms with E-state index in [1.54, 1.807) is 32.2 Å². The molecule has 0 aromatic heterocycles. The summed E-state index contributed by atoms with van der Waals surface area (Å²) in [5, 5.41) is 3.43. The highest BCUT2D eigenvalue weighted by molar-refractivity contribution is 7.92. The van der Waals surface area contributed by atoms with Crippen molar-refractivity contribution in [3.8, 4) is 5.75 Å². The average molecular weight is 453 g/mol. The van der Waals surface area contributed by atoms with E-state index in [1.807, 2.05) is 24.3 Å². The van der Waals surface area contributed by atoms with E-state index in [1.165, 1.54) is 0 Å². The number of amides is 1. The highest BCUT2D eigenvalue weighted by atomic mass is 35.5. The van der Waals surface area contributed by atoms with Crippen molar-refractivity contribution in [2.45, 2.75) is 33.2 Å². The summed E-state index contributed by atoms with van der Waals surface area (Å²) in [5.74, 6) is 0.674. The molecular weight excluding hydrogens is 424 g/mol. The summed E-state index contributed by atoms with van der Waals surface area (Å²) in [7, 11) is -2.09. The maximum absolute atomic E-state index is 12.9. The Morgan fingerprint density at radius 1 is 1.17 bits per heavy atom. The molecule has 0 aliphatic heterocycles. The first-order chi connectivity index (χ1) is 14.0. The fourth-order valence-corrected chi connectivity index (χ4v) is 4.28. The summed E-state index contributed by atoms with van der Waals surface area (Å²) in [6.45, 7) is 5.54. The number of nitrogens with one attached hydrogen (secondary N) is 1. The zero-order valence-corrected chi connectivity index (χ0v) is 19.5. The molecule has 8 heteroatoms. The van der Waals surface area contributed by atoms with E-state index >= 15 is 0 Å². The van der Waals surface area contributed by atoms with Gasteiger partial charge in [-0.2, -0.15) is 0 Å². The molecule has 1 atom stereocenters. The number of ether oxygens (including phenoxy) is 1. The van der Waals surface area contributed by atoms with Gasteiger partial charge in [-0.05, 0) is 54.7 Å². The van der Waals surface area contributed by atoms with Crippen molar-refractivity contribution >= 4 is 33.2 Å². The molecule has 0 bridgehead atoms. The molecular formula is C22H29ClN2O4S. The summed E-state index contributed by atoms with van der Waals surface area (Å²) in [4.78, 5) is 12.9. The van der Waals surface area contributed by atoms with Crippen LogP contribution in [0.4, 0.5) is 5.69 Å². The van der Waals surface area contributed by atoms with Gasteiger partial charge in [0.2, 0.25) is 15.9 Å². The predicted molar refractivity (Wildman–Crippen MR) is 122 cm³/mol. The Labute approximate surface area is 184 Å². The van der Waals surface area contributed by atoms with Crippen molar-refractivity contribution in [1.82, 2.24) is 5.32 Å². The minimum absolute atomic E-state index is 0.245. The first-order valence-electron chi connectivity index (χ1n) is 9.69. The van der Waals surface area contributed by atoms with Gasteiger partial charge < -0.3 is 10.1 Å². The summed E-state index contributed by atoms with van der Waals surface area (Å²) in [5.41, 5.74) is 1.93. The number of hydrogen-bond donors (Lipinski definition) is 1. The summed E-state index contributed by atoms with van der Waals surface area (Å²) >= 11 is 6.16. The highest BCUT2D eigenvalue weighted by Gasteiger charge is 2.25. The van der Waals surface area contributed by atoms with E-state index in [2.05, 4.69) is 19.2 Å². The normalized spacial score (nSPS) is 12.5. The lowest BCUT2D eigenvalue weighted by Gasteiger charge is -2.26. The Kier molecular flexibility index (Phi) is 8.15. The zero-order chi connectivity index (χ0) is 22.5. The monoisotopic (exact) mass is 452 g/mol. The number of nitrogens with zero attached hydrogens (tertiary/aromatic N) is 1. The highest BCUT2D eigenvalue weighted by Crippen LogP contribution is 2.28. The number of benzene rings is 2. The number of methoxy groups -OCH3 is 1. The van der Waals surface area contributed by atoms with Gasteiger partial charge in [0.1, 0.15) is 12.3 Å². The number of anilines is 1. The molecule has 6 nitrogen and oxygen atoms in total. The molecule has 1 amide bonds. The minimum atomic E-state index is -3.69. The fourth-order valence-electron chi connectivity index (χ4n) is 3.20. The van der Waals surface area contributed by atoms with E-state index in [0.29, 0.717) is 28.6 Å². The first-order valence-corrected chi connectivity index (χ1v) is 11.9. The number of rotatable bonds is 9. The third-order valence-corrected chi connectivity index (χ3v) is 6.29. The molecule has 1 unspecified atom stereocenters. The molecule has 2 aromatic carbocycles. The van der Waals surface area contributed by atoms with E-state index < -0.39 is 10.0 Å². The quantitative estimate of drug-likeness (QED) is 0.614. The van der Waals surface area contributed by atoms with Gasteiger partial charge in [-0.25, -0.2) is 8.42 Å². The lowest BCUT2D eigenvalue weighted by Crippen LogP contribution is -2.42. The Hall–Kier alpha value is -2.25. The molecule has 0 saturated carbocycles. The number of carbonyl (C=O) groups is 1. The lowest BCUT2D eigenvalue weighted by atomic mass is 9.97. The average Bonchev–Trinajstić information content (AvgIpc) is 2.67. The molecule has 0 spiro atoms. The summed E-state index contributed by atoms with van der Waals surface area (Å²) < 4.78 is 31.1. The number of hydrogen-bond acceptors (Lipinski definition) is 4. The Morgan fingerprint density at radius 2 is 1.80 bits per heavy atom. The van der Waals surface area contributed by atoms with Crippen LogP contribution in [0.15, 0.2) is 42.5 Å². The molecule has 0 heterocycles. The van der Waals surface area contributed by atoms with Crippen molar-refractivity contribution < 1.29 is 17.9 Å². The fraction of sp³-hybridized carbons (Fsp3) is 0.409. The predicted octanol–water partition coefficient (Wildman–Crippen LogP) is 4.33. The van der Waals surface area contributed by atoms with Crippen LogP contribution in [-0.4, -0.2) is 34.2 Å². The maximum Gasteiger partial charge on any atom is 0.241 e. The minimum Gasteiger partial charge on any atom is -0.497 e. The van der Waals surface area contributed by atoms with Crippen molar-refractivity contribution in [3.63, 3.8) is 0 Å². The molecule has 164 valence electrons.